The van der Waals surface area contributed by atoms with Crippen molar-refractivity contribution in [2.24, 2.45) is 0 Å². The highest BCUT2D eigenvalue weighted by Gasteiger charge is 2.05. The first-order valence-electron chi connectivity index (χ1n) is 2.30. The van der Waals surface area contributed by atoms with E-state index >= 15 is 0 Å². The molecule has 1 heterocycles. The molecule has 6 heavy (non-hydrogen) atoms. The number of rotatable bonds is 1. The summed E-state index contributed by atoms with van der Waals surface area (Å²) in [4.78, 5) is 2.19. The van der Waals surface area contributed by atoms with E-state index in [1.165, 1.54) is 19.5 Å². The summed E-state index contributed by atoms with van der Waals surface area (Å²) < 4.78 is 0. The monoisotopic (exact) mass is 83.1 g/mol. The van der Waals surface area contributed by atoms with Gasteiger partial charge in [-0.3, -0.25) is 0 Å². The van der Waals surface area contributed by atoms with Crippen LogP contribution >= 0.6 is 0 Å². The van der Waals surface area contributed by atoms with Crippen LogP contribution in [0.25, 0.3) is 0 Å². The average molecular weight is 83.1 g/mol. The Morgan fingerprint density at radius 2 is 2.17 bits per heavy atom. The highest BCUT2D eigenvalue weighted by molar-refractivity contribution is 4.77. The van der Waals surface area contributed by atoms with Crippen molar-refractivity contribution in [3.05, 3.63) is 12.8 Å². The van der Waals surface area contributed by atoms with Gasteiger partial charge in [0.2, 0.25) is 0 Å². The summed E-state index contributed by atoms with van der Waals surface area (Å²) in [6.07, 6.45) is 3.25. The van der Waals surface area contributed by atoms with E-state index in [0.29, 0.717) is 0 Å². The Bertz CT molecular complexity index is 55.0. The molecule has 1 aliphatic rings. The highest BCUT2D eigenvalue weighted by atomic mass is 15.1. The van der Waals surface area contributed by atoms with Gasteiger partial charge in [-0.05, 0) is 12.6 Å². The normalized spacial score (nSPS) is 19.7. The third-order valence-corrected chi connectivity index (χ3v) is 1.15. The molecule has 0 aromatic rings. The first-order valence-corrected chi connectivity index (χ1v) is 2.30. The van der Waals surface area contributed by atoms with E-state index < -0.39 is 0 Å². The summed E-state index contributed by atoms with van der Waals surface area (Å²) in [5, 5.41) is 0. The van der Waals surface area contributed by atoms with Gasteiger partial charge < -0.3 is 4.90 Å². The van der Waals surface area contributed by atoms with E-state index in [1.807, 2.05) is 6.20 Å². The molecular weight excluding hydrogens is 74.1 g/mol. The molecular formula is C5H9N. The van der Waals surface area contributed by atoms with E-state index in [2.05, 4.69) is 11.5 Å². The van der Waals surface area contributed by atoms with Gasteiger partial charge in [-0.2, -0.15) is 0 Å². The fourth-order valence-electron chi connectivity index (χ4n) is 0.523. The van der Waals surface area contributed by atoms with Gasteiger partial charge in [0, 0.05) is 13.1 Å². The Kier molecular flexibility index (Phi) is 0.825. The van der Waals surface area contributed by atoms with Gasteiger partial charge in [-0.1, -0.05) is 6.58 Å². The number of hydrogen-bond acceptors (Lipinski definition) is 1. The van der Waals surface area contributed by atoms with Crippen LogP contribution in [0.5, 0.6) is 0 Å². The van der Waals surface area contributed by atoms with Crippen LogP contribution in [0.3, 0.4) is 0 Å². The zero-order valence-electron chi connectivity index (χ0n) is 3.85. The summed E-state index contributed by atoms with van der Waals surface area (Å²) >= 11 is 0. The number of likely N-dealkylation sites (tertiary alicyclic amines) is 1. The largest absolute Gasteiger partial charge is 0.378 e. The summed E-state index contributed by atoms with van der Waals surface area (Å²) in [6.45, 7) is 6.06. The average Bonchev–Trinajstić information content (AvgIpc) is 1.31. The Hall–Kier alpha value is -0.460. The van der Waals surface area contributed by atoms with Crippen molar-refractivity contribution < 1.29 is 0 Å². The van der Waals surface area contributed by atoms with Crippen LogP contribution < -0.4 is 0 Å². The predicted octanol–water partition coefficient (Wildman–Crippen LogP) is 0.836. The molecule has 0 N–H and O–H groups in total. The van der Waals surface area contributed by atoms with Crippen LogP contribution in [0.4, 0.5) is 0 Å². The van der Waals surface area contributed by atoms with Crippen LogP contribution in [0, 0.1) is 0 Å². The lowest BCUT2D eigenvalue weighted by Gasteiger charge is -2.28. The number of nitrogens with zero attached hydrogens (tertiary/aromatic N) is 1. The van der Waals surface area contributed by atoms with Gasteiger partial charge in [0.25, 0.3) is 0 Å². The fourth-order valence-corrected chi connectivity index (χ4v) is 0.523. The smallest absolute Gasteiger partial charge is 0.0189 e. The van der Waals surface area contributed by atoms with E-state index in [4.69, 9.17) is 0 Å². The fraction of sp³-hybridized carbons (Fsp3) is 0.600. The maximum Gasteiger partial charge on any atom is 0.0189 e. The second-order valence-electron chi connectivity index (χ2n) is 1.57. The van der Waals surface area contributed by atoms with Gasteiger partial charge in [0.1, 0.15) is 0 Å². The molecule has 0 atom stereocenters. The van der Waals surface area contributed by atoms with E-state index in [-0.39, 0.29) is 0 Å². The SMILES string of the molecule is C=CN1CCC1. The summed E-state index contributed by atoms with van der Waals surface area (Å²) in [6, 6.07) is 0. The minimum Gasteiger partial charge on any atom is -0.378 e. The standard InChI is InChI=1S/C5H9N/c1-2-6-4-3-5-6/h2H,1,3-5H2. The second-order valence-corrected chi connectivity index (χ2v) is 1.57. The van der Waals surface area contributed by atoms with Gasteiger partial charge in [0.05, 0.1) is 0 Å². The number of hydrogen-bond donors (Lipinski definition) is 0. The van der Waals surface area contributed by atoms with Crippen molar-refractivity contribution in [3.63, 3.8) is 0 Å². The van der Waals surface area contributed by atoms with Crippen LogP contribution in [-0.2, 0) is 0 Å². The lowest BCUT2D eigenvalue weighted by molar-refractivity contribution is 0.264. The molecule has 0 aromatic heterocycles. The molecule has 1 rings (SSSR count). The van der Waals surface area contributed by atoms with Crippen molar-refractivity contribution in [2.45, 2.75) is 6.42 Å². The second kappa shape index (κ2) is 1.33. The van der Waals surface area contributed by atoms with Gasteiger partial charge in [-0.25, -0.2) is 0 Å². The first-order chi connectivity index (χ1) is 2.93. The topological polar surface area (TPSA) is 3.24 Å². The summed E-state index contributed by atoms with van der Waals surface area (Å²) in [7, 11) is 0. The van der Waals surface area contributed by atoms with Crippen LogP contribution in [-0.4, -0.2) is 18.0 Å². The minimum absolute atomic E-state index is 1.23. The molecule has 1 heteroatoms. The minimum atomic E-state index is 1.23. The molecule has 0 bridgehead atoms. The molecule has 1 aliphatic heterocycles. The quantitative estimate of drug-likeness (QED) is 0.454. The van der Waals surface area contributed by atoms with E-state index in [0.717, 1.165) is 0 Å². The molecule has 1 fully saturated rings. The Morgan fingerprint density at radius 3 is 2.17 bits per heavy atom. The van der Waals surface area contributed by atoms with E-state index in [1.54, 1.807) is 0 Å². The Morgan fingerprint density at radius 1 is 1.50 bits per heavy atom. The predicted molar refractivity (Wildman–Crippen MR) is 26.4 cm³/mol. The molecule has 0 amide bonds. The van der Waals surface area contributed by atoms with Crippen LogP contribution in [0.15, 0.2) is 12.8 Å². The molecule has 0 saturated carbocycles. The maximum atomic E-state index is 3.61. The molecule has 0 radical (unpaired) electrons. The lowest BCUT2D eigenvalue weighted by atomic mass is 10.2. The third-order valence-electron chi connectivity index (χ3n) is 1.15. The van der Waals surface area contributed by atoms with Crippen LogP contribution in [0.2, 0.25) is 0 Å². The van der Waals surface area contributed by atoms with Crippen molar-refractivity contribution in [3.8, 4) is 0 Å². The Balaban J connectivity index is 2.16. The molecule has 1 nitrogen and oxygen atoms in total. The van der Waals surface area contributed by atoms with Crippen molar-refractivity contribution >= 4 is 0 Å². The molecule has 0 unspecified atom stereocenters. The maximum absolute atomic E-state index is 3.61. The van der Waals surface area contributed by atoms with Crippen molar-refractivity contribution in [2.75, 3.05) is 13.1 Å². The molecule has 0 spiro atoms. The lowest BCUT2D eigenvalue weighted by Crippen LogP contribution is -2.31. The first kappa shape index (κ1) is 3.72. The van der Waals surface area contributed by atoms with Crippen molar-refractivity contribution in [1.82, 2.24) is 4.90 Å². The van der Waals surface area contributed by atoms with Gasteiger partial charge in [-0.15, -0.1) is 0 Å². The van der Waals surface area contributed by atoms with E-state index in [9.17, 15) is 0 Å². The van der Waals surface area contributed by atoms with Crippen molar-refractivity contribution in [1.29, 1.82) is 0 Å². The molecule has 34 valence electrons. The highest BCUT2D eigenvalue weighted by Crippen LogP contribution is 2.03. The zero-order chi connectivity index (χ0) is 4.41. The summed E-state index contributed by atoms with van der Waals surface area (Å²) in [5.74, 6) is 0. The molecule has 0 aromatic carbocycles. The third kappa shape index (κ3) is 0.402. The molecule has 1 saturated heterocycles. The Labute approximate surface area is 38.3 Å². The zero-order valence-corrected chi connectivity index (χ0v) is 3.85. The molecule has 0 aliphatic carbocycles. The van der Waals surface area contributed by atoms with Gasteiger partial charge in [0.15, 0.2) is 0 Å². The van der Waals surface area contributed by atoms with Gasteiger partial charge >= 0.3 is 0 Å². The summed E-state index contributed by atoms with van der Waals surface area (Å²) in [5.41, 5.74) is 0. The van der Waals surface area contributed by atoms with Crippen LogP contribution in [0.1, 0.15) is 6.42 Å².